The number of aryl methyl sites for hydroxylation is 1. The lowest BCUT2D eigenvalue weighted by atomic mass is 9.87. The average Bonchev–Trinajstić information content (AvgIpc) is 2.48. The molecule has 0 bridgehead atoms. The van der Waals surface area contributed by atoms with Gasteiger partial charge in [0, 0.05) is 0 Å². The molecule has 0 spiro atoms. The third-order valence-corrected chi connectivity index (χ3v) is 3.94. The third-order valence-electron chi connectivity index (χ3n) is 3.73. The van der Waals surface area contributed by atoms with Crippen LogP contribution in [-0.4, -0.2) is 9.97 Å². The molecule has 1 atom stereocenters. The number of fused-ring (bicyclic) bond motifs is 1. The highest BCUT2D eigenvalue weighted by molar-refractivity contribution is 7.80. The van der Waals surface area contributed by atoms with E-state index in [4.69, 9.17) is 18.0 Å². The summed E-state index contributed by atoms with van der Waals surface area (Å²) in [7, 11) is 0. The Balaban J connectivity index is 1.80. The second-order valence-electron chi connectivity index (χ2n) is 5.08. The lowest BCUT2D eigenvalue weighted by molar-refractivity contribution is 0.600. The highest BCUT2D eigenvalue weighted by atomic mass is 32.1. The summed E-state index contributed by atoms with van der Waals surface area (Å²) in [6.45, 7) is 0. The van der Waals surface area contributed by atoms with Gasteiger partial charge in [-0.05, 0) is 42.5 Å². The Bertz CT molecular complexity index is 622. The van der Waals surface area contributed by atoms with Gasteiger partial charge in [-0.25, -0.2) is 0 Å². The molecule has 1 unspecified atom stereocenters. The fraction of sp³-hybridized carbons (Fsp3) is 0.250. The monoisotopic (exact) mass is 283 g/mol. The first-order valence-electron chi connectivity index (χ1n) is 6.84. The fourth-order valence-corrected chi connectivity index (χ4v) is 2.85. The third kappa shape index (κ3) is 2.65. The topological polar surface area (TPSA) is 50.9 Å². The largest absolute Gasteiger partial charge is 0.388 e. The Hall–Kier alpha value is -1.94. The molecule has 3 nitrogen and oxygen atoms in total. The molecular weight excluding hydrogens is 266 g/mol. The van der Waals surface area contributed by atoms with E-state index in [-0.39, 0.29) is 0 Å². The quantitative estimate of drug-likeness (QED) is 0.849. The minimum Gasteiger partial charge on any atom is -0.388 e. The van der Waals surface area contributed by atoms with Crippen molar-refractivity contribution in [2.75, 3.05) is 5.32 Å². The van der Waals surface area contributed by atoms with Crippen molar-refractivity contribution in [1.82, 2.24) is 4.98 Å². The van der Waals surface area contributed by atoms with Gasteiger partial charge in [0.05, 0.1) is 23.6 Å². The molecule has 0 aliphatic heterocycles. The zero-order chi connectivity index (χ0) is 13.9. The highest BCUT2D eigenvalue weighted by Crippen LogP contribution is 2.32. The van der Waals surface area contributed by atoms with Gasteiger partial charge in [0.2, 0.25) is 0 Å². The summed E-state index contributed by atoms with van der Waals surface area (Å²) in [5, 5.41) is 3.56. The van der Waals surface area contributed by atoms with Gasteiger partial charge in [0.15, 0.2) is 0 Å². The SMILES string of the molecule is NC(=S)c1ccc(NC2CCCc3ccccc32)cn1. The van der Waals surface area contributed by atoms with Crippen LogP contribution >= 0.6 is 12.2 Å². The molecule has 1 aromatic heterocycles. The maximum absolute atomic E-state index is 5.56. The van der Waals surface area contributed by atoms with Gasteiger partial charge in [-0.15, -0.1) is 0 Å². The average molecular weight is 283 g/mol. The summed E-state index contributed by atoms with van der Waals surface area (Å²) in [4.78, 5) is 4.60. The van der Waals surface area contributed by atoms with Crippen LogP contribution in [-0.2, 0) is 6.42 Å². The van der Waals surface area contributed by atoms with Crippen LogP contribution in [0.15, 0.2) is 42.6 Å². The first-order chi connectivity index (χ1) is 9.74. The smallest absolute Gasteiger partial charge is 0.122 e. The molecule has 20 heavy (non-hydrogen) atoms. The predicted octanol–water partition coefficient (Wildman–Crippen LogP) is 3.21. The van der Waals surface area contributed by atoms with Gasteiger partial charge in [0.1, 0.15) is 4.99 Å². The Kier molecular flexibility index (Phi) is 3.65. The zero-order valence-corrected chi connectivity index (χ0v) is 12.0. The van der Waals surface area contributed by atoms with Crippen LogP contribution in [0.5, 0.6) is 0 Å². The van der Waals surface area contributed by atoms with Crippen LogP contribution < -0.4 is 11.1 Å². The number of hydrogen-bond acceptors (Lipinski definition) is 3. The van der Waals surface area contributed by atoms with Crippen molar-refractivity contribution in [2.45, 2.75) is 25.3 Å². The van der Waals surface area contributed by atoms with E-state index in [0.717, 1.165) is 12.1 Å². The zero-order valence-electron chi connectivity index (χ0n) is 11.2. The number of hydrogen-bond donors (Lipinski definition) is 2. The summed E-state index contributed by atoms with van der Waals surface area (Å²) in [6.07, 6.45) is 5.33. The van der Waals surface area contributed by atoms with Crippen LogP contribution in [0, 0.1) is 0 Å². The maximum Gasteiger partial charge on any atom is 0.122 e. The molecule has 0 saturated carbocycles. The molecule has 102 valence electrons. The summed E-state index contributed by atoms with van der Waals surface area (Å²) >= 11 is 4.91. The molecule has 0 amide bonds. The minimum absolute atomic E-state index is 0.333. The van der Waals surface area contributed by atoms with Gasteiger partial charge in [-0.2, -0.15) is 0 Å². The second kappa shape index (κ2) is 5.59. The van der Waals surface area contributed by atoms with Crippen molar-refractivity contribution in [3.8, 4) is 0 Å². The van der Waals surface area contributed by atoms with Crippen molar-refractivity contribution in [2.24, 2.45) is 5.73 Å². The minimum atomic E-state index is 0.333. The Morgan fingerprint density at radius 2 is 2.10 bits per heavy atom. The molecular formula is C16H17N3S. The van der Waals surface area contributed by atoms with E-state index in [1.165, 1.54) is 24.0 Å². The van der Waals surface area contributed by atoms with Crippen molar-refractivity contribution in [3.63, 3.8) is 0 Å². The van der Waals surface area contributed by atoms with Crippen LogP contribution in [0.2, 0.25) is 0 Å². The first kappa shape index (κ1) is 13.1. The van der Waals surface area contributed by atoms with Gasteiger partial charge < -0.3 is 11.1 Å². The summed E-state index contributed by atoms with van der Waals surface area (Å²) in [6, 6.07) is 12.9. The lowest BCUT2D eigenvalue weighted by Gasteiger charge is -2.27. The van der Waals surface area contributed by atoms with Gasteiger partial charge in [0.25, 0.3) is 0 Å². The van der Waals surface area contributed by atoms with Crippen molar-refractivity contribution < 1.29 is 0 Å². The summed E-state index contributed by atoms with van der Waals surface area (Å²) in [5.41, 5.74) is 10.1. The Labute approximate surface area is 124 Å². The van der Waals surface area contributed by atoms with Gasteiger partial charge in [-0.1, -0.05) is 36.5 Å². The van der Waals surface area contributed by atoms with Crippen LogP contribution in [0.4, 0.5) is 5.69 Å². The normalized spacial score (nSPS) is 17.3. The molecule has 1 aliphatic rings. The molecule has 0 radical (unpaired) electrons. The number of benzene rings is 1. The molecule has 3 N–H and O–H groups in total. The second-order valence-corrected chi connectivity index (χ2v) is 5.52. The van der Waals surface area contributed by atoms with Gasteiger partial charge in [-0.3, -0.25) is 4.98 Å². The molecule has 0 saturated heterocycles. The number of nitrogens with zero attached hydrogens (tertiary/aromatic N) is 1. The Morgan fingerprint density at radius 3 is 2.85 bits per heavy atom. The number of aromatic nitrogens is 1. The van der Waals surface area contributed by atoms with Gasteiger partial charge >= 0.3 is 0 Å². The van der Waals surface area contributed by atoms with Crippen molar-refractivity contribution in [1.29, 1.82) is 0 Å². The standard InChI is InChI=1S/C16H17N3S/c17-16(20)15-9-8-12(10-18-15)19-14-7-3-5-11-4-1-2-6-13(11)14/h1-2,4,6,8-10,14,19H,3,5,7H2,(H2,17,20). The molecule has 1 aliphatic carbocycles. The van der Waals surface area contributed by atoms with E-state index >= 15 is 0 Å². The molecule has 4 heteroatoms. The van der Waals surface area contributed by atoms with Crippen LogP contribution in [0.3, 0.4) is 0 Å². The van der Waals surface area contributed by atoms with Crippen LogP contribution in [0.1, 0.15) is 35.7 Å². The van der Waals surface area contributed by atoms with E-state index in [0.29, 0.717) is 16.7 Å². The fourth-order valence-electron chi connectivity index (χ4n) is 2.73. The van der Waals surface area contributed by atoms with E-state index in [1.807, 2.05) is 12.1 Å². The number of rotatable bonds is 3. The van der Waals surface area contributed by atoms with Crippen molar-refractivity contribution in [3.05, 3.63) is 59.4 Å². The first-order valence-corrected chi connectivity index (χ1v) is 7.25. The Morgan fingerprint density at radius 1 is 1.25 bits per heavy atom. The number of nitrogens with two attached hydrogens (primary N) is 1. The summed E-state index contributed by atoms with van der Waals surface area (Å²) in [5.74, 6) is 0. The van der Waals surface area contributed by atoms with E-state index in [2.05, 4.69) is 34.6 Å². The van der Waals surface area contributed by atoms with E-state index < -0.39 is 0 Å². The molecule has 1 heterocycles. The molecule has 2 aromatic rings. The number of anilines is 1. The number of thiocarbonyl (C=S) groups is 1. The number of nitrogens with one attached hydrogen (secondary N) is 1. The highest BCUT2D eigenvalue weighted by Gasteiger charge is 2.19. The maximum atomic E-state index is 5.56. The predicted molar refractivity (Wildman–Crippen MR) is 85.9 cm³/mol. The van der Waals surface area contributed by atoms with Crippen LogP contribution in [0.25, 0.3) is 0 Å². The lowest BCUT2D eigenvalue weighted by Crippen LogP contribution is -2.17. The van der Waals surface area contributed by atoms with E-state index in [1.54, 1.807) is 6.20 Å². The molecule has 1 aromatic carbocycles. The summed E-state index contributed by atoms with van der Waals surface area (Å²) < 4.78 is 0. The van der Waals surface area contributed by atoms with Crippen molar-refractivity contribution >= 4 is 22.9 Å². The van der Waals surface area contributed by atoms with E-state index in [9.17, 15) is 0 Å². The molecule has 3 rings (SSSR count). The number of pyridine rings is 1. The molecule has 0 fully saturated rings.